The Hall–Kier alpha value is -3.09. The van der Waals surface area contributed by atoms with Crippen molar-refractivity contribution in [1.82, 2.24) is 4.98 Å². The van der Waals surface area contributed by atoms with Crippen LogP contribution >= 0.6 is 0 Å². The second-order valence-corrected chi connectivity index (χ2v) is 7.90. The number of nitrogens with zero attached hydrogens (tertiary/aromatic N) is 2. The van der Waals surface area contributed by atoms with Crippen LogP contribution in [0.5, 0.6) is 5.88 Å². The van der Waals surface area contributed by atoms with Gasteiger partial charge in [0.2, 0.25) is 17.7 Å². The first kappa shape index (κ1) is 19.2. The number of methoxy groups -OCH3 is 1. The summed E-state index contributed by atoms with van der Waals surface area (Å²) in [6.07, 6.45) is 2.25. The predicted molar refractivity (Wildman–Crippen MR) is 111 cm³/mol. The zero-order valence-corrected chi connectivity index (χ0v) is 16.9. The number of nitrogens with one attached hydrogen (secondary N) is 1. The molecule has 3 atom stereocenters. The molecule has 7 nitrogen and oxygen atoms in total. The maximum atomic E-state index is 12.6. The average Bonchev–Trinajstić information content (AvgIpc) is 3.54. The zero-order chi connectivity index (χ0) is 20.7. The van der Waals surface area contributed by atoms with Crippen molar-refractivity contribution in [2.24, 2.45) is 17.6 Å². The van der Waals surface area contributed by atoms with Crippen LogP contribution in [0.15, 0.2) is 36.4 Å². The van der Waals surface area contributed by atoms with Crippen LogP contribution in [-0.2, 0) is 4.79 Å². The van der Waals surface area contributed by atoms with Crippen molar-refractivity contribution in [3.8, 4) is 5.88 Å². The van der Waals surface area contributed by atoms with E-state index >= 15 is 0 Å². The fourth-order valence-electron chi connectivity index (χ4n) is 4.49. The molecule has 1 aromatic heterocycles. The molecule has 2 aliphatic rings. The maximum absolute atomic E-state index is 12.6. The number of ether oxygens (including phenoxy) is 1. The number of primary amides is 1. The highest BCUT2D eigenvalue weighted by molar-refractivity contribution is 5.97. The minimum absolute atomic E-state index is 0.0137. The smallest absolute Gasteiger partial charge is 0.248 e. The molecule has 0 spiro atoms. The number of anilines is 2. The second kappa shape index (κ2) is 7.39. The van der Waals surface area contributed by atoms with Gasteiger partial charge in [-0.3, -0.25) is 9.59 Å². The third-order valence-corrected chi connectivity index (χ3v) is 5.95. The normalized spacial score (nSPS) is 23.3. The molecule has 1 fully saturated rings. The maximum Gasteiger partial charge on any atom is 0.248 e. The molecule has 1 aliphatic heterocycles. The number of rotatable bonds is 5. The summed E-state index contributed by atoms with van der Waals surface area (Å²) < 4.78 is 5.24. The van der Waals surface area contributed by atoms with Crippen molar-refractivity contribution < 1.29 is 14.3 Å². The first-order valence-corrected chi connectivity index (χ1v) is 9.92. The van der Waals surface area contributed by atoms with Gasteiger partial charge in [-0.15, -0.1) is 0 Å². The largest absolute Gasteiger partial charge is 0.481 e. The van der Waals surface area contributed by atoms with Crippen LogP contribution in [0, 0.1) is 11.8 Å². The first-order valence-electron chi connectivity index (χ1n) is 9.92. The molecule has 2 heterocycles. The number of nitrogens with two attached hydrogens (primary N) is 1. The van der Waals surface area contributed by atoms with Crippen LogP contribution in [0.1, 0.15) is 48.7 Å². The Bertz CT molecular complexity index is 957. The van der Waals surface area contributed by atoms with Gasteiger partial charge in [0.15, 0.2) is 0 Å². The SMILES string of the molecule is COc1cccc(N[C@H]2c3cc(C(N)=O)ccc3N(C(C)=O)[C@@H](C3CC3)[C@@H]2C)n1. The lowest BCUT2D eigenvalue weighted by Gasteiger charge is -2.46. The fourth-order valence-corrected chi connectivity index (χ4v) is 4.49. The molecule has 1 saturated carbocycles. The summed E-state index contributed by atoms with van der Waals surface area (Å²) in [6.45, 7) is 3.75. The molecular formula is C22H26N4O3. The van der Waals surface area contributed by atoms with E-state index < -0.39 is 5.91 Å². The van der Waals surface area contributed by atoms with Gasteiger partial charge in [0, 0.05) is 36.2 Å². The van der Waals surface area contributed by atoms with Crippen molar-refractivity contribution >= 4 is 23.3 Å². The van der Waals surface area contributed by atoms with Gasteiger partial charge < -0.3 is 20.7 Å². The Morgan fingerprint density at radius 3 is 2.62 bits per heavy atom. The number of amides is 2. The summed E-state index contributed by atoms with van der Waals surface area (Å²) in [5.41, 5.74) is 7.67. The number of carbonyl (C=O) groups excluding carboxylic acids is 2. The zero-order valence-electron chi connectivity index (χ0n) is 16.9. The molecule has 29 heavy (non-hydrogen) atoms. The standard InChI is InChI=1S/C22H26N4O3/c1-12-20(25-18-5-4-6-19(24-18)29-3)16-11-15(22(23)28)9-10-17(16)26(13(2)27)21(12)14-7-8-14/h4-6,9-12,14,20-21H,7-8H2,1-3H3,(H2,23,28)(H,24,25)/t12-,20-,21-/m1/s1. The molecule has 0 saturated heterocycles. The van der Waals surface area contributed by atoms with Gasteiger partial charge in [0.05, 0.1) is 13.2 Å². The quantitative estimate of drug-likeness (QED) is 0.812. The van der Waals surface area contributed by atoms with Gasteiger partial charge in [0.25, 0.3) is 0 Å². The number of aromatic nitrogens is 1. The summed E-state index contributed by atoms with van der Waals surface area (Å²) in [7, 11) is 1.58. The van der Waals surface area contributed by atoms with Crippen LogP contribution in [0.2, 0.25) is 0 Å². The van der Waals surface area contributed by atoms with Crippen molar-refractivity contribution in [3.63, 3.8) is 0 Å². The second-order valence-electron chi connectivity index (χ2n) is 7.90. The highest BCUT2D eigenvalue weighted by Gasteiger charge is 2.47. The van der Waals surface area contributed by atoms with E-state index in [1.165, 1.54) is 0 Å². The monoisotopic (exact) mass is 394 g/mol. The van der Waals surface area contributed by atoms with Gasteiger partial charge in [-0.25, -0.2) is 0 Å². The van der Waals surface area contributed by atoms with E-state index in [1.807, 2.05) is 23.1 Å². The molecule has 0 bridgehead atoms. The van der Waals surface area contributed by atoms with Gasteiger partial charge in [-0.1, -0.05) is 13.0 Å². The lowest BCUT2D eigenvalue weighted by Crippen LogP contribution is -2.51. The summed E-state index contributed by atoms with van der Waals surface area (Å²) in [4.78, 5) is 30.8. The summed E-state index contributed by atoms with van der Waals surface area (Å²) in [5.74, 6) is 1.34. The molecule has 7 heteroatoms. The van der Waals surface area contributed by atoms with Gasteiger partial charge >= 0.3 is 0 Å². The first-order chi connectivity index (χ1) is 13.9. The predicted octanol–water partition coefficient (Wildman–Crippen LogP) is 3.12. The van der Waals surface area contributed by atoms with Gasteiger partial charge in [0.1, 0.15) is 5.82 Å². The molecule has 3 N–H and O–H groups in total. The van der Waals surface area contributed by atoms with Gasteiger partial charge in [-0.05, 0) is 48.6 Å². The molecular weight excluding hydrogens is 368 g/mol. The number of fused-ring (bicyclic) bond motifs is 1. The van der Waals surface area contributed by atoms with E-state index in [0.717, 1.165) is 24.1 Å². The highest BCUT2D eigenvalue weighted by atomic mass is 16.5. The molecule has 4 rings (SSSR count). The molecule has 2 aromatic rings. The minimum Gasteiger partial charge on any atom is -0.481 e. The van der Waals surface area contributed by atoms with Crippen LogP contribution < -0.4 is 20.7 Å². The minimum atomic E-state index is -0.489. The van der Waals surface area contributed by atoms with Crippen LogP contribution in [0.4, 0.5) is 11.5 Å². The Morgan fingerprint density at radius 2 is 2.00 bits per heavy atom. The van der Waals surface area contributed by atoms with Crippen molar-refractivity contribution in [1.29, 1.82) is 0 Å². The lowest BCUT2D eigenvalue weighted by atomic mass is 9.79. The number of benzene rings is 1. The third kappa shape index (κ3) is 3.52. The Labute approximate surface area is 170 Å². The van der Waals surface area contributed by atoms with E-state index in [9.17, 15) is 9.59 Å². The third-order valence-electron chi connectivity index (χ3n) is 5.95. The topological polar surface area (TPSA) is 97.5 Å². The summed E-state index contributed by atoms with van der Waals surface area (Å²) in [5, 5.41) is 3.52. The van der Waals surface area contributed by atoms with Crippen molar-refractivity contribution in [2.75, 3.05) is 17.3 Å². The summed E-state index contributed by atoms with van der Waals surface area (Å²) >= 11 is 0. The van der Waals surface area contributed by atoms with Crippen LogP contribution in [0.3, 0.4) is 0 Å². The number of carbonyl (C=O) groups is 2. The summed E-state index contributed by atoms with van der Waals surface area (Å²) in [6, 6.07) is 10.9. The Morgan fingerprint density at radius 1 is 1.24 bits per heavy atom. The average molecular weight is 394 g/mol. The lowest BCUT2D eigenvalue weighted by molar-refractivity contribution is -0.117. The molecule has 152 valence electrons. The fraction of sp³-hybridized carbons (Fsp3) is 0.409. The van der Waals surface area contributed by atoms with E-state index in [0.29, 0.717) is 23.2 Å². The molecule has 0 radical (unpaired) electrons. The number of pyridine rings is 1. The van der Waals surface area contributed by atoms with Crippen LogP contribution in [0.25, 0.3) is 0 Å². The van der Waals surface area contributed by atoms with E-state index in [-0.39, 0.29) is 23.9 Å². The van der Waals surface area contributed by atoms with Crippen molar-refractivity contribution in [2.45, 2.75) is 38.8 Å². The Balaban J connectivity index is 1.82. The van der Waals surface area contributed by atoms with Gasteiger partial charge in [-0.2, -0.15) is 4.98 Å². The van der Waals surface area contributed by atoms with Crippen molar-refractivity contribution in [3.05, 3.63) is 47.5 Å². The molecule has 2 amide bonds. The number of hydrogen-bond acceptors (Lipinski definition) is 5. The molecule has 1 aromatic carbocycles. The van der Waals surface area contributed by atoms with E-state index in [4.69, 9.17) is 10.5 Å². The van der Waals surface area contributed by atoms with E-state index in [2.05, 4.69) is 17.2 Å². The molecule has 0 unspecified atom stereocenters. The number of hydrogen-bond donors (Lipinski definition) is 2. The Kier molecular flexibility index (Phi) is 4.90. The van der Waals surface area contributed by atoms with Crippen LogP contribution in [-0.4, -0.2) is 29.9 Å². The molecule has 1 aliphatic carbocycles. The van der Waals surface area contributed by atoms with E-state index in [1.54, 1.807) is 32.2 Å². The highest BCUT2D eigenvalue weighted by Crippen LogP contribution is 2.50.